The van der Waals surface area contributed by atoms with E-state index >= 15 is 0 Å². The molecule has 0 spiro atoms. The van der Waals surface area contributed by atoms with E-state index in [1.807, 2.05) is 0 Å². The zero-order chi connectivity index (χ0) is 10.2. The van der Waals surface area contributed by atoms with Gasteiger partial charge in [0.15, 0.2) is 0 Å². The molecule has 4 rings (SSSR count). The molecule has 0 saturated heterocycles. The van der Waals surface area contributed by atoms with Gasteiger partial charge >= 0.3 is 0 Å². The largest absolute Gasteiger partial charge is 0.390 e. The van der Waals surface area contributed by atoms with Gasteiger partial charge in [-0.05, 0) is 49.4 Å². The quantitative estimate of drug-likeness (QED) is 0.672. The van der Waals surface area contributed by atoms with Gasteiger partial charge in [-0.1, -0.05) is 13.8 Å². The highest BCUT2D eigenvalue weighted by atomic mass is 35.5. The van der Waals surface area contributed by atoms with Gasteiger partial charge in [-0.25, -0.2) is 0 Å². The Kier molecular flexibility index (Phi) is 2.12. The fraction of sp³-hybridized carbons (Fsp3) is 1.00. The number of aliphatic hydroxyl groups is 1. The molecule has 0 radical (unpaired) electrons. The van der Waals surface area contributed by atoms with Crippen LogP contribution in [-0.4, -0.2) is 16.2 Å². The van der Waals surface area contributed by atoms with E-state index in [1.165, 1.54) is 6.42 Å². The van der Waals surface area contributed by atoms with Crippen LogP contribution < -0.4 is 5.73 Å². The van der Waals surface area contributed by atoms with Crippen LogP contribution in [-0.2, 0) is 0 Å². The predicted octanol–water partition coefficient (Wildman–Crippen LogP) is 2.23. The number of rotatable bonds is 0. The Bertz CT molecular complexity index is 208. The lowest BCUT2D eigenvalue weighted by atomic mass is 9.41. The number of hydrogen-bond acceptors (Lipinski definition) is 2. The van der Waals surface area contributed by atoms with Gasteiger partial charge in [-0.15, -0.1) is 12.4 Å². The summed E-state index contributed by atoms with van der Waals surface area (Å²) >= 11 is 0. The molecule has 4 fully saturated rings. The number of halogens is 1. The summed E-state index contributed by atoms with van der Waals surface area (Å²) in [5.41, 5.74) is 6.54. The highest BCUT2D eigenvalue weighted by Crippen LogP contribution is 2.66. The van der Waals surface area contributed by atoms with E-state index < -0.39 is 5.60 Å². The lowest BCUT2D eigenvalue weighted by Gasteiger charge is -2.67. The second-order valence-corrected chi connectivity index (χ2v) is 7.27. The predicted molar refractivity (Wildman–Crippen MR) is 63.0 cm³/mol. The summed E-state index contributed by atoms with van der Waals surface area (Å²) in [7, 11) is 0. The van der Waals surface area contributed by atoms with Gasteiger partial charge in [0.2, 0.25) is 0 Å². The molecule has 0 aromatic carbocycles. The molecule has 4 aliphatic rings. The van der Waals surface area contributed by atoms with Crippen molar-refractivity contribution in [3.8, 4) is 0 Å². The molecule has 2 unspecified atom stereocenters. The summed E-state index contributed by atoms with van der Waals surface area (Å²) < 4.78 is 0. The van der Waals surface area contributed by atoms with Crippen LogP contribution in [0, 0.1) is 10.8 Å². The van der Waals surface area contributed by atoms with Crippen molar-refractivity contribution in [2.45, 2.75) is 63.5 Å². The first kappa shape index (κ1) is 11.7. The maximum Gasteiger partial charge on any atom is 0.0675 e. The Morgan fingerprint density at radius 1 is 0.867 bits per heavy atom. The lowest BCUT2D eigenvalue weighted by molar-refractivity contribution is -0.196. The zero-order valence-electron chi connectivity index (χ0n) is 9.68. The number of hydrogen-bond donors (Lipinski definition) is 2. The molecule has 0 aromatic heterocycles. The standard InChI is InChI=1S/C12H21NO.ClH/c1-9-3-10(2)5-11(13,4-9)8-12(14,6-9)7-10;/h14H,3-8,13H2,1-2H3;1H/t9-,10+,11?,12?;. The van der Waals surface area contributed by atoms with Gasteiger partial charge in [0.1, 0.15) is 0 Å². The molecule has 2 nitrogen and oxygen atoms in total. The Balaban J connectivity index is 0.000000853. The van der Waals surface area contributed by atoms with Crippen LogP contribution in [0.5, 0.6) is 0 Å². The average Bonchev–Trinajstić information content (AvgIpc) is 1.67. The first-order valence-corrected chi connectivity index (χ1v) is 5.75. The van der Waals surface area contributed by atoms with E-state index in [-0.39, 0.29) is 17.9 Å². The molecular weight excluding hydrogens is 210 g/mol. The van der Waals surface area contributed by atoms with Crippen LogP contribution >= 0.6 is 12.4 Å². The average molecular weight is 232 g/mol. The SMILES string of the molecule is C[C@]12CC3(N)CC(O)(C1)C[C@@](C)(C3)C2.Cl. The minimum Gasteiger partial charge on any atom is -0.390 e. The Hall–Kier alpha value is 0.210. The summed E-state index contributed by atoms with van der Waals surface area (Å²) in [5.74, 6) is 0. The van der Waals surface area contributed by atoms with Gasteiger partial charge < -0.3 is 10.8 Å². The smallest absolute Gasteiger partial charge is 0.0675 e. The summed E-state index contributed by atoms with van der Waals surface area (Å²) in [6, 6.07) is 0. The normalized spacial score (nSPS) is 61.6. The van der Waals surface area contributed by atoms with Crippen LogP contribution in [0.3, 0.4) is 0 Å². The van der Waals surface area contributed by atoms with Gasteiger partial charge in [0.25, 0.3) is 0 Å². The van der Waals surface area contributed by atoms with Crippen LogP contribution in [0.2, 0.25) is 0 Å². The van der Waals surface area contributed by atoms with Crippen molar-refractivity contribution in [3.05, 3.63) is 0 Å². The Labute approximate surface area is 98.0 Å². The Morgan fingerprint density at radius 2 is 1.33 bits per heavy atom. The topological polar surface area (TPSA) is 46.2 Å². The fourth-order valence-electron chi connectivity index (χ4n) is 5.72. The third-order valence-electron chi connectivity index (χ3n) is 4.60. The molecule has 3 N–H and O–H groups in total. The molecule has 0 amide bonds. The molecule has 4 saturated carbocycles. The molecule has 0 aromatic rings. The van der Waals surface area contributed by atoms with Crippen molar-refractivity contribution in [2.24, 2.45) is 16.6 Å². The van der Waals surface area contributed by atoms with Crippen LogP contribution in [0.15, 0.2) is 0 Å². The van der Waals surface area contributed by atoms with Gasteiger partial charge in [0.05, 0.1) is 5.60 Å². The van der Waals surface area contributed by atoms with Crippen molar-refractivity contribution < 1.29 is 5.11 Å². The van der Waals surface area contributed by atoms with E-state index in [4.69, 9.17) is 5.73 Å². The molecule has 88 valence electrons. The van der Waals surface area contributed by atoms with Crippen LogP contribution in [0.1, 0.15) is 52.4 Å². The third kappa shape index (κ3) is 1.62. The van der Waals surface area contributed by atoms with Gasteiger partial charge in [-0.2, -0.15) is 0 Å². The molecule has 4 aliphatic carbocycles. The zero-order valence-corrected chi connectivity index (χ0v) is 10.5. The van der Waals surface area contributed by atoms with Crippen molar-refractivity contribution in [3.63, 3.8) is 0 Å². The van der Waals surface area contributed by atoms with Crippen molar-refractivity contribution in [1.82, 2.24) is 0 Å². The van der Waals surface area contributed by atoms with Gasteiger partial charge in [0, 0.05) is 5.54 Å². The van der Waals surface area contributed by atoms with Gasteiger partial charge in [-0.3, -0.25) is 0 Å². The van der Waals surface area contributed by atoms with E-state index in [2.05, 4.69) is 13.8 Å². The van der Waals surface area contributed by atoms with E-state index in [1.54, 1.807) is 0 Å². The summed E-state index contributed by atoms with van der Waals surface area (Å²) in [6.07, 6.45) is 6.31. The number of nitrogens with two attached hydrogens (primary N) is 1. The lowest BCUT2D eigenvalue weighted by Crippen LogP contribution is -2.68. The summed E-state index contributed by atoms with van der Waals surface area (Å²) in [4.78, 5) is 0. The molecule has 0 heterocycles. The second-order valence-electron chi connectivity index (χ2n) is 7.27. The minimum absolute atomic E-state index is 0. The van der Waals surface area contributed by atoms with Crippen molar-refractivity contribution in [2.75, 3.05) is 0 Å². The maximum absolute atomic E-state index is 10.5. The van der Waals surface area contributed by atoms with Crippen LogP contribution in [0.25, 0.3) is 0 Å². The van der Waals surface area contributed by atoms with E-state index in [0.717, 1.165) is 32.1 Å². The van der Waals surface area contributed by atoms with Crippen molar-refractivity contribution >= 4 is 12.4 Å². The highest BCUT2D eigenvalue weighted by molar-refractivity contribution is 5.85. The Morgan fingerprint density at radius 3 is 1.67 bits per heavy atom. The molecule has 4 atom stereocenters. The molecular formula is C12H22ClNO. The van der Waals surface area contributed by atoms with Crippen LogP contribution in [0.4, 0.5) is 0 Å². The van der Waals surface area contributed by atoms with E-state index in [0.29, 0.717) is 10.8 Å². The monoisotopic (exact) mass is 231 g/mol. The minimum atomic E-state index is -0.438. The third-order valence-corrected chi connectivity index (χ3v) is 4.60. The first-order valence-electron chi connectivity index (χ1n) is 5.75. The molecule has 0 aliphatic heterocycles. The summed E-state index contributed by atoms with van der Waals surface area (Å²) in [6.45, 7) is 4.63. The van der Waals surface area contributed by atoms with Crippen molar-refractivity contribution in [1.29, 1.82) is 0 Å². The highest BCUT2D eigenvalue weighted by Gasteiger charge is 2.64. The molecule has 3 heteroatoms. The second kappa shape index (κ2) is 2.72. The van der Waals surface area contributed by atoms with E-state index in [9.17, 15) is 5.11 Å². The maximum atomic E-state index is 10.5. The molecule has 4 bridgehead atoms. The molecule has 15 heavy (non-hydrogen) atoms. The first-order chi connectivity index (χ1) is 6.24. The summed E-state index contributed by atoms with van der Waals surface area (Å²) in [5, 5.41) is 10.5. The fourth-order valence-corrected chi connectivity index (χ4v) is 5.72.